The van der Waals surface area contributed by atoms with Gasteiger partial charge in [0.05, 0.1) is 16.7 Å². The number of rotatable bonds is 7. The highest BCUT2D eigenvalue weighted by molar-refractivity contribution is 7.89. The normalized spacial score (nSPS) is 12.3. The quantitative estimate of drug-likeness (QED) is 0.577. The first kappa shape index (κ1) is 17.6. The van der Waals surface area contributed by atoms with Gasteiger partial charge in [-0.1, -0.05) is 6.07 Å². The van der Waals surface area contributed by atoms with Crippen molar-refractivity contribution in [2.75, 3.05) is 19.3 Å². The molecule has 0 atom stereocenters. The fourth-order valence-electron chi connectivity index (χ4n) is 1.52. The van der Waals surface area contributed by atoms with E-state index in [9.17, 15) is 21.6 Å². The summed E-state index contributed by atoms with van der Waals surface area (Å²) in [6, 6.07) is 3.76. The van der Waals surface area contributed by atoms with E-state index in [4.69, 9.17) is 5.11 Å². The summed E-state index contributed by atoms with van der Waals surface area (Å²) in [7, 11) is -7.31. The van der Waals surface area contributed by atoms with Gasteiger partial charge in [-0.15, -0.1) is 0 Å². The van der Waals surface area contributed by atoms with Crippen LogP contribution in [0.4, 0.5) is 0 Å². The molecule has 0 radical (unpaired) electrons. The van der Waals surface area contributed by atoms with Crippen LogP contribution in [0.15, 0.2) is 23.1 Å². The lowest BCUT2D eigenvalue weighted by molar-refractivity contribution is 0.0696. The molecule has 1 aromatic carbocycles. The predicted octanol–water partition coefficient (Wildman–Crippen LogP) is -0.479. The van der Waals surface area contributed by atoms with Gasteiger partial charge < -0.3 is 5.11 Å². The van der Waals surface area contributed by atoms with Crippen molar-refractivity contribution in [1.29, 1.82) is 0 Å². The van der Waals surface area contributed by atoms with Gasteiger partial charge >= 0.3 is 5.97 Å². The van der Waals surface area contributed by atoms with Gasteiger partial charge in [-0.3, -0.25) is 0 Å². The molecule has 0 aliphatic heterocycles. The largest absolute Gasteiger partial charge is 0.478 e. The second-order valence-corrected chi connectivity index (χ2v) is 7.92. The second kappa shape index (κ2) is 6.52. The number of hydrogen-bond acceptors (Lipinski definition) is 5. The van der Waals surface area contributed by atoms with Crippen LogP contribution in [0, 0.1) is 6.92 Å². The van der Waals surface area contributed by atoms with E-state index in [1.807, 2.05) is 0 Å². The van der Waals surface area contributed by atoms with Crippen LogP contribution in [0.2, 0.25) is 0 Å². The standard InChI is InChI=1S/C11H16N2O6S2/c1-8-3-4-9(11(14)15)7-10(8)21(18,19)13-6-5-12-20(2,16)17/h3-4,7,12-13H,5-6H2,1-2H3,(H,14,15). The lowest BCUT2D eigenvalue weighted by atomic mass is 10.1. The van der Waals surface area contributed by atoms with Crippen molar-refractivity contribution in [2.45, 2.75) is 11.8 Å². The maximum atomic E-state index is 12.1. The van der Waals surface area contributed by atoms with Crippen LogP contribution in [-0.2, 0) is 20.0 Å². The molecule has 1 aromatic rings. The molecule has 0 amide bonds. The Kier molecular flexibility index (Phi) is 5.45. The first-order valence-corrected chi connectivity index (χ1v) is 9.18. The number of hydrogen-bond donors (Lipinski definition) is 3. The summed E-state index contributed by atoms with van der Waals surface area (Å²) >= 11 is 0. The number of benzene rings is 1. The number of carboxylic acid groups (broad SMARTS) is 1. The molecule has 0 saturated heterocycles. The minimum atomic E-state index is -3.91. The summed E-state index contributed by atoms with van der Waals surface area (Å²) in [5.41, 5.74) is 0.249. The summed E-state index contributed by atoms with van der Waals surface area (Å²) in [4.78, 5) is 10.7. The molecular formula is C11H16N2O6S2. The zero-order valence-electron chi connectivity index (χ0n) is 11.5. The molecule has 0 heterocycles. The molecule has 21 heavy (non-hydrogen) atoms. The lowest BCUT2D eigenvalue weighted by Gasteiger charge is -2.10. The van der Waals surface area contributed by atoms with Crippen LogP contribution >= 0.6 is 0 Å². The summed E-state index contributed by atoms with van der Waals surface area (Å²) in [6.07, 6.45) is 0.960. The molecule has 0 fully saturated rings. The fourth-order valence-corrected chi connectivity index (χ4v) is 3.30. The maximum absolute atomic E-state index is 12.1. The van der Waals surface area contributed by atoms with E-state index in [-0.39, 0.29) is 23.5 Å². The number of aromatic carboxylic acids is 1. The van der Waals surface area contributed by atoms with Crippen LogP contribution < -0.4 is 9.44 Å². The monoisotopic (exact) mass is 336 g/mol. The Labute approximate surface area is 123 Å². The average molecular weight is 336 g/mol. The number of carbonyl (C=O) groups is 1. The highest BCUT2D eigenvalue weighted by Gasteiger charge is 2.18. The zero-order valence-corrected chi connectivity index (χ0v) is 13.1. The Balaban J connectivity index is 2.88. The Morgan fingerprint density at radius 2 is 1.71 bits per heavy atom. The van der Waals surface area contributed by atoms with Gasteiger partial charge in [0, 0.05) is 13.1 Å². The Hall–Kier alpha value is -1.49. The third-order valence-electron chi connectivity index (χ3n) is 2.51. The molecule has 0 aliphatic rings. The smallest absolute Gasteiger partial charge is 0.335 e. The van der Waals surface area contributed by atoms with Crippen molar-refractivity contribution >= 4 is 26.0 Å². The average Bonchev–Trinajstić information content (AvgIpc) is 2.33. The van der Waals surface area contributed by atoms with E-state index < -0.39 is 26.0 Å². The Morgan fingerprint density at radius 1 is 1.14 bits per heavy atom. The van der Waals surface area contributed by atoms with Gasteiger partial charge in [0.2, 0.25) is 20.0 Å². The molecule has 0 aromatic heterocycles. The van der Waals surface area contributed by atoms with Gasteiger partial charge in [-0.2, -0.15) is 0 Å². The van der Waals surface area contributed by atoms with E-state index in [0.717, 1.165) is 12.3 Å². The highest BCUT2D eigenvalue weighted by atomic mass is 32.2. The van der Waals surface area contributed by atoms with Gasteiger partial charge in [-0.25, -0.2) is 31.1 Å². The first-order valence-electron chi connectivity index (χ1n) is 5.81. The number of sulfonamides is 2. The van der Waals surface area contributed by atoms with E-state index in [1.165, 1.54) is 19.1 Å². The van der Waals surface area contributed by atoms with Crippen molar-refractivity contribution < 1.29 is 26.7 Å². The zero-order chi connectivity index (χ0) is 16.3. The van der Waals surface area contributed by atoms with E-state index in [1.54, 1.807) is 0 Å². The number of aryl methyl sites for hydroxylation is 1. The maximum Gasteiger partial charge on any atom is 0.335 e. The van der Waals surface area contributed by atoms with Crippen LogP contribution in [0.25, 0.3) is 0 Å². The van der Waals surface area contributed by atoms with Crippen LogP contribution in [-0.4, -0.2) is 47.3 Å². The molecule has 1 rings (SSSR count). The molecule has 0 spiro atoms. The summed E-state index contributed by atoms with van der Waals surface area (Å²) in [6.45, 7) is 1.29. The van der Waals surface area contributed by atoms with Gasteiger partial charge in [-0.05, 0) is 24.6 Å². The van der Waals surface area contributed by atoms with E-state index in [2.05, 4.69) is 9.44 Å². The van der Waals surface area contributed by atoms with Gasteiger partial charge in [0.1, 0.15) is 0 Å². The minimum Gasteiger partial charge on any atom is -0.478 e. The third kappa shape index (κ3) is 5.42. The molecule has 3 N–H and O–H groups in total. The van der Waals surface area contributed by atoms with E-state index >= 15 is 0 Å². The topological polar surface area (TPSA) is 130 Å². The summed E-state index contributed by atoms with van der Waals surface area (Å²) in [5.74, 6) is -1.23. The Morgan fingerprint density at radius 3 is 2.24 bits per heavy atom. The second-order valence-electron chi connectivity index (χ2n) is 4.35. The Bertz CT molecular complexity index is 740. The SMILES string of the molecule is Cc1ccc(C(=O)O)cc1S(=O)(=O)NCCNS(C)(=O)=O. The van der Waals surface area contributed by atoms with Crippen molar-refractivity contribution in [2.24, 2.45) is 0 Å². The van der Waals surface area contributed by atoms with Crippen molar-refractivity contribution in [1.82, 2.24) is 9.44 Å². The fraction of sp³-hybridized carbons (Fsp3) is 0.364. The predicted molar refractivity (Wildman–Crippen MR) is 76.2 cm³/mol. The van der Waals surface area contributed by atoms with Crippen LogP contribution in [0.1, 0.15) is 15.9 Å². The minimum absolute atomic E-state index is 0.101. The molecule has 10 heteroatoms. The molecule has 0 unspecified atom stereocenters. The van der Waals surface area contributed by atoms with Crippen molar-refractivity contribution in [3.8, 4) is 0 Å². The molecule has 118 valence electrons. The van der Waals surface area contributed by atoms with Crippen molar-refractivity contribution in [3.05, 3.63) is 29.3 Å². The van der Waals surface area contributed by atoms with Crippen LogP contribution in [0.5, 0.6) is 0 Å². The lowest BCUT2D eigenvalue weighted by Crippen LogP contribution is -2.34. The number of carboxylic acids is 1. The molecule has 8 nitrogen and oxygen atoms in total. The molecular weight excluding hydrogens is 320 g/mol. The van der Waals surface area contributed by atoms with Crippen molar-refractivity contribution in [3.63, 3.8) is 0 Å². The van der Waals surface area contributed by atoms with Crippen LogP contribution in [0.3, 0.4) is 0 Å². The molecule has 0 aliphatic carbocycles. The summed E-state index contributed by atoms with van der Waals surface area (Å²) in [5, 5.41) is 8.88. The van der Waals surface area contributed by atoms with Gasteiger partial charge in [0.15, 0.2) is 0 Å². The number of nitrogens with one attached hydrogen (secondary N) is 2. The molecule has 0 saturated carbocycles. The van der Waals surface area contributed by atoms with E-state index in [0.29, 0.717) is 5.56 Å². The summed E-state index contributed by atoms with van der Waals surface area (Å²) < 4.78 is 50.2. The molecule has 0 bridgehead atoms. The third-order valence-corrected chi connectivity index (χ3v) is 4.84. The highest BCUT2D eigenvalue weighted by Crippen LogP contribution is 2.16. The first-order chi connectivity index (χ1) is 9.53. The van der Waals surface area contributed by atoms with Gasteiger partial charge in [0.25, 0.3) is 0 Å².